The first kappa shape index (κ1) is 12.2. The average molecular weight is 230 g/mol. The van der Waals surface area contributed by atoms with E-state index in [-0.39, 0.29) is 11.3 Å². The van der Waals surface area contributed by atoms with E-state index in [1.807, 2.05) is 0 Å². The second-order valence-electron chi connectivity index (χ2n) is 2.78. The van der Waals surface area contributed by atoms with E-state index >= 15 is 0 Å². The van der Waals surface area contributed by atoms with Crippen LogP contribution in [0.3, 0.4) is 0 Å². The van der Waals surface area contributed by atoms with Crippen molar-refractivity contribution in [1.82, 2.24) is 0 Å². The number of hydrogen-bond acceptors (Lipinski definition) is 2. The number of halogens is 3. The van der Waals surface area contributed by atoms with Gasteiger partial charge in [0.2, 0.25) is 0 Å². The van der Waals surface area contributed by atoms with Crippen molar-refractivity contribution >= 4 is 0 Å². The van der Waals surface area contributed by atoms with E-state index in [0.717, 1.165) is 12.1 Å². The highest BCUT2D eigenvalue weighted by molar-refractivity contribution is 5.49. The predicted molar refractivity (Wildman–Crippen MR) is 52.2 cm³/mol. The fourth-order valence-corrected chi connectivity index (χ4v) is 1.10. The van der Waals surface area contributed by atoms with Crippen LogP contribution >= 0.6 is 0 Å². The Morgan fingerprint density at radius 2 is 2.06 bits per heavy atom. The number of ether oxygens (including phenoxy) is 2. The van der Waals surface area contributed by atoms with E-state index in [1.54, 1.807) is 6.92 Å². The van der Waals surface area contributed by atoms with Crippen molar-refractivity contribution < 1.29 is 22.6 Å². The van der Waals surface area contributed by atoms with E-state index in [9.17, 15) is 13.2 Å². The maximum absolute atomic E-state index is 11.9. The van der Waals surface area contributed by atoms with E-state index in [4.69, 9.17) is 11.2 Å². The molecule has 0 aromatic heterocycles. The topological polar surface area (TPSA) is 18.5 Å². The summed E-state index contributed by atoms with van der Waals surface area (Å²) < 4.78 is 44.6. The lowest BCUT2D eigenvalue weighted by molar-refractivity contribution is -0.274. The molecule has 0 saturated carbocycles. The molecule has 1 aromatic carbocycles. The Labute approximate surface area is 91.0 Å². The van der Waals surface area contributed by atoms with Gasteiger partial charge in [-0.05, 0) is 25.1 Å². The molecule has 0 N–H and O–H groups in total. The van der Waals surface area contributed by atoms with Crippen LogP contribution in [0.4, 0.5) is 13.2 Å². The van der Waals surface area contributed by atoms with Gasteiger partial charge in [0.1, 0.15) is 11.5 Å². The van der Waals surface area contributed by atoms with Crippen LogP contribution in [0, 0.1) is 12.3 Å². The van der Waals surface area contributed by atoms with E-state index in [1.165, 1.54) is 6.07 Å². The third-order valence-electron chi connectivity index (χ3n) is 1.64. The van der Waals surface area contributed by atoms with Gasteiger partial charge in [-0.15, -0.1) is 19.6 Å². The third kappa shape index (κ3) is 3.39. The zero-order valence-electron chi connectivity index (χ0n) is 8.47. The van der Waals surface area contributed by atoms with Crippen molar-refractivity contribution in [3.63, 3.8) is 0 Å². The summed E-state index contributed by atoms with van der Waals surface area (Å²) in [4.78, 5) is 0. The summed E-state index contributed by atoms with van der Waals surface area (Å²) >= 11 is 0. The zero-order chi connectivity index (χ0) is 12.2. The molecule has 1 aromatic rings. The normalized spacial score (nSPS) is 10.7. The molecule has 2 nitrogen and oxygen atoms in total. The lowest BCUT2D eigenvalue weighted by atomic mass is 10.2. The molecule has 0 unspecified atom stereocenters. The van der Waals surface area contributed by atoms with Gasteiger partial charge in [0, 0.05) is 0 Å². The van der Waals surface area contributed by atoms with Gasteiger partial charge in [-0.1, -0.05) is 5.92 Å². The summed E-state index contributed by atoms with van der Waals surface area (Å²) in [5, 5.41) is 0. The van der Waals surface area contributed by atoms with Gasteiger partial charge in [0.25, 0.3) is 0 Å². The lowest BCUT2D eigenvalue weighted by Crippen LogP contribution is -2.17. The number of rotatable bonds is 3. The molecule has 5 heteroatoms. The van der Waals surface area contributed by atoms with Crippen LogP contribution in [-0.2, 0) is 0 Å². The van der Waals surface area contributed by atoms with Gasteiger partial charge < -0.3 is 9.47 Å². The Morgan fingerprint density at radius 1 is 1.38 bits per heavy atom. The third-order valence-corrected chi connectivity index (χ3v) is 1.64. The minimum atomic E-state index is -4.72. The highest BCUT2D eigenvalue weighted by atomic mass is 19.4. The Hall–Kier alpha value is -1.83. The predicted octanol–water partition coefficient (Wildman–Crippen LogP) is 2.97. The van der Waals surface area contributed by atoms with Crippen molar-refractivity contribution in [2.45, 2.75) is 13.3 Å². The van der Waals surface area contributed by atoms with Crippen molar-refractivity contribution in [3.8, 4) is 23.8 Å². The quantitative estimate of drug-likeness (QED) is 0.743. The largest absolute Gasteiger partial charge is 0.573 e. The molecule has 16 heavy (non-hydrogen) atoms. The number of terminal acetylenes is 1. The molecule has 0 aliphatic carbocycles. The summed E-state index contributed by atoms with van der Waals surface area (Å²) in [7, 11) is 0. The first-order valence-corrected chi connectivity index (χ1v) is 4.45. The highest BCUT2D eigenvalue weighted by Gasteiger charge is 2.31. The number of hydrogen-bond donors (Lipinski definition) is 0. The van der Waals surface area contributed by atoms with Crippen molar-refractivity contribution in [2.75, 3.05) is 6.61 Å². The van der Waals surface area contributed by atoms with E-state index < -0.39 is 6.36 Å². The Kier molecular flexibility index (Phi) is 3.67. The smallest absolute Gasteiger partial charge is 0.493 e. The monoisotopic (exact) mass is 230 g/mol. The first-order valence-electron chi connectivity index (χ1n) is 4.45. The van der Waals surface area contributed by atoms with Gasteiger partial charge in [-0.3, -0.25) is 0 Å². The van der Waals surface area contributed by atoms with Gasteiger partial charge in [0.15, 0.2) is 0 Å². The molecule has 0 bridgehead atoms. The summed E-state index contributed by atoms with van der Waals surface area (Å²) in [5.41, 5.74) is 0.226. The van der Waals surface area contributed by atoms with E-state index in [2.05, 4.69) is 10.7 Å². The van der Waals surface area contributed by atoms with Crippen LogP contribution in [0.25, 0.3) is 0 Å². The summed E-state index contributed by atoms with van der Waals surface area (Å²) in [5.74, 6) is 2.24. The second-order valence-corrected chi connectivity index (χ2v) is 2.78. The van der Waals surface area contributed by atoms with Gasteiger partial charge in [-0.2, -0.15) is 0 Å². The summed E-state index contributed by atoms with van der Waals surface area (Å²) in [6.45, 7) is 2.13. The molecule has 0 fully saturated rings. The summed E-state index contributed by atoms with van der Waals surface area (Å²) in [6, 6.07) is 3.61. The fraction of sp³-hybridized carbons (Fsp3) is 0.273. The zero-order valence-corrected chi connectivity index (χ0v) is 8.47. The molecule has 0 amide bonds. The SMILES string of the molecule is C#Cc1cc(OC(F)(F)F)ccc1OCC. The molecule has 0 aliphatic rings. The lowest BCUT2D eigenvalue weighted by Gasteiger charge is -2.11. The van der Waals surface area contributed by atoms with Crippen molar-refractivity contribution in [2.24, 2.45) is 0 Å². The van der Waals surface area contributed by atoms with E-state index in [0.29, 0.717) is 12.4 Å². The van der Waals surface area contributed by atoms with Crippen LogP contribution in [0.5, 0.6) is 11.5 Å². The van der Waals surface area contributed by atoms with Crippen LogP contribution in [0.15, 0.2) is 18.2 Å². The highest BCUT2D eigenvalue weighted by Crippen LogP contribution is 2.27. The average Bonchev–Trinajstić information content (AvgIpc) is 2.18. The molecular formula is C11H9F3O2. The van der Waals surface area contributed by atoms with Crippen molar-refractivity contribution in [3.05, 3.63) is 23.8 Å². The van der Waals surface area contributed by atoms with Gasteiger partial charge >= 0.3 is 6.36 Å². The van der Waals surface area contributed by atoms with Crippen LogP contribution < -0.4 is 9.47 Å². The maximum Gasteiger partial charge on any atom is 0.573 e. The molecule has 0 atom stereocenters. The molecule has 0 aliphatic heterocycles. The van der Waals surface area contributed by atoms with Crippen LogP contribution in [-0.4, -0.2) is 13.0 Å². The minimum absolute atomic E-state index is 0.226. The Bertz CT molecular complexity index is 405. The van der Waals surface area contributed by atoms with Gasteiger partial charge in [-0.25, -0.2) is 0 Å². The minimum Gasteiger partial charge on any atom is -0.493 e. The molecule has 1 rings (SSSR count). The second kappa shape index (κ2) is 4.79. The Balaban J connectivity index is 2.96. The Morgan fingerprint density at radius 3 is 2.56 bits per heavy atom. The summed E-state index contributed by atoms with van der Waals surface area (Å²) in [6.07, 6.45) is 0.424. The fourth-order valence-electron chi connectivity index (χ4n) is 1.10. The number of benzene rings is 1. The van der Waals surface area contributed by atoms with Crippen molar-refractivity contribution in [1.29, 1.82) is 0 Å². The first-order chi connectivity index (χ1) is 7.46. The van der Waals surface area contributed by atoms with Gasteiger partial charge in [0.05, 0.1) is 12.2 Å². The van der Waals surface area contributed by atoms with Crippen LogP contribution in [0.2, 0.25) is 0 Å². The standard InChI is InChI=1S/C11H9F3O2/c1-3-8-7-9(16-11(12,13)14)5-6-10(8)15-4-2/h1,5-7H,4H2,2H3. The maximum atomic E-state index is 11.9. The molecule has 0 spiro atoms. The van der Waals surface area contributed by atoms with Crippen LogP contribution in [0.1, 0.15) is 12.5 Å². The molecule has 86 valence electrons. The number of alkyl halides is 3. The molecular weight excluding hydrogens is 221 g/mol. The molecule has 0 heterocycles. The molecule has 0 saturated heterocycles. The molecule has 0 radical (unpaired) electrons.